The lowest BCUT2D eigenvalue weighted by atomic mass is 10.0. The third kappa shape index (κ3) is 2.07. The number of carbonyl (C=O) groups is 1. The first-order chi connectivity index (χ1) is 9.70. The van der Waals surface area contributed by atoms with E-state index in [0.29, 0.717) is 12.8 Å². The molecule has 20 heavy (non-hydrogen) atoms. The molecule has 0 atom stereocenters. The molecule has 0 amide bonds. The molecule has 0 fully saturated rings. The summed E-state index contributed by atoms with van der Waals surface area (Å²) in [5, 5.41) is 0. The first-order valence-corrected chi connectivity index (χ1v) is 6.50. The lowest BCUT2D eigenvalue weighted by Gasteiger charge is -2.31. The predicted octanol–water partition coefficient (Wildman–Crippen LogP) is 3.86. The molecule has 0 saturated heterocycles. The van der Waals surface area contributed by atoms with Gasteiger partial charge >= 0.3 is 0 Å². The molecule has 2 aromatic rings. The van der Waals surface area contributed by atoms with Gasteiger partial charge in [0.05, 0.1) is 0 Å². The highest BCUT2D eigenvalue weighted by Crippen LogP contribution is 2.36. The molecule has 0 aliphatic carbocycles. The molecule has 3 rings (SSSR count). The molecule has 102 valence electrons. The zero-order chi connectivity index (χ0) is 14.1. The van der Waals surface area contributed by atoms with Crippen molar-refractivity contribution in [2.75, 3.05) is 11.4 Å². The zero-order valence-electron chi connectivity index (χ0n) is 10.8. The number of halogens is 2. The number of hydrogen-bond acceptors (Lipinski definition) is 2. The molecule has 1 aliphatic rings. The minimum atomic E-state index is -0.705. The van der Waals surface area contributed by atoms with E-state index in [1.54, 1.807) is 4.90 Å². The maximum atomic E-state index is 14.1. The number of rotatable bonds is 2. The van der Waals surface area contributed by atoms with E-state index in [1.807, 2.05) is 24.3 Å². The number of hydrogen-bond donors (Lipinski definition) is 0. The summed E-state index contributed by atoms with van der Waals surface area (Å²) < 4.78 is 28.3. The monoisotopic (exact) mass is 273 g/mol. The summed E-state index contributed by atoms with van der Waals surface area (Å²) in [4.78, 5) is 12.3. The first kappa shape index (κ1) is 12.8. The van der Waals surface area contributed by atoms with Crippen molar-refractivity contribution < 1.29 is 13.6 Å². The SMILES string of the molecule is O=Cc1cc(F)c(N2CCCc3ccccc32)c(F)c1. The average Bonchev–Trinajstić information content (AvgIpc) is 2.46. The molecule has 0 radical (unpaired) electrons. The Morgan fingerprint density at radius 2 is 1.80 bits per heavy atom. The van der Waals surface area contributed by atoms with Gasteiger partial charge in [-0.15, -0.1) is 0 Å². The average molecular weight is 273 g/mol. The lowest BCUT2D eigenvalue weighted by molar-refractivity contribution is 0.112. The summed E-state index contributed by atoms with van der Waals surface area (Å²) in [6.45, 7) is 0.561. The van der Waals surface area contributed by atoms with Gasteiger partial charge in [-0.3, -0.25) is 4.79 Å². The number of aryl methyl sites for hydroxylation is 1. The van der Waals surface area contributed by atoms with Gasteiger partial charge in [0.2, 0.25) is 0 Å². The Morgan fingerprint density at radius 3 is 2.50 bits per heavy atom. The van der Waals surface area contributed by atoms with Crippen molar-refractivity contribution in [3.63, 3.8) is 0 Å². The Hall–Kier alpha value is -2.23. The highest BCUT2D eigenvalue weighted by molar-refractivity contribution is 5.77. The number of aldehydes is 1. The third-order valence-corrected chi connectivity index (χ3v) is 3.56. The summed E-state index contributed by atoms with van der Waals surface area (Å²) in [6.07, 6.45) is 2.19. The summed E-state index contributed by atoms with van der Waals surface area (Å²) in [7, 11) is 0. The Labute approximate surface area is 115 Å². The normalized spacial score (nSPS) is 14.0. The molecule has 0 bridgehead atoms. The molecule has 0 spiro atoms. The maximum Gasteiger partial charge on any atom is 0.150 e. The van der Waals surface area contributed by atoms with Gasteiger partial charge < -0.3 is 4.90 Å². The van der Waals surface area contributed by atoms with Crippen LogP contribution in [0.3, 0.4) is 0 Å². The van der Waals surface area contributed by atoms with E-state index < -0.39 is 11.6 Å². The number of fused-ring (bicyclic) bond motifs is 1. The van der Waals surface area contributed by atoms with Crippen molar-refractivity contribution in [3.05, 3.63) is 59.2 Å². The fraction of sp³-hybridized carbons (Fsp3) is 0.188. The van der Waals surface area contributed by atoms with E-state index in [-0.39, 0.29) is 11.3 Å². The molecular formula is C16H13F2NO. The summed E-state index contributed by atoms with van der Waals surface area (Å²) in [5.41, 5.74) is 1.84. The summed E-state index contributed by atoms with van der Waals surface area (Å²) >= 11 is 0. The van der Waals surface area contributed by atoms with Gasteiger partial charge in [0.1, 0.15) is 12.0 Å². The quantitative estimate of drug-likeness (QED) is 0.774. The van der Waals surface area contributed by atoms with Gasteiger partial charge in [0, 0.05) is 17.8 Å². The Bertz CT molecular complexity index is 646. The van der Waals surface area contributed by atoms with E-state index in [4.69, 9.17) is 0 Å². The van der Waals surface area contributed by atoms with Crippen LogP contribution in [-0.2, 0) is 6.42 Å². The van der Waals surface area contributed by atoms with Crippen molar-refractivity contribution in [2.24, 2.45) is 0 Å². The van der Waals surface area contributed by atoms with Crippen LogP contribution < -0.4 is 4.90 Å². The molecule has 0 aromatic heterocycles. The molecular weight excluding hydrogens is 260 g/mol. The number of benzene rings is 2. The van der Waals surface area contributed by atoms with Crippen molar-refractivity contribution in [1.82, 2.24) is 0 Å². The van der Waals surface area contributed by atoms with Gasteiger partial charge in [0.25, 0.3) is 0 Å². The second-order valence-corrected chi connectivity index (χ2v) is 4.83. The molecule has 0 unspecified atom stereocenters. The standard InChI is InChI=1S/C16H13F2NO/c17-13-8-11(10-20)9-14(18)16(13)19-7-3-5-12-4-1-2-6-15(12)19/h1-2,4,6,8-10H,3,5,7H2. The maximum absolute atomic E-state index is 14.1. The van der Waals surface area contributed by atoms with Crippen LogP contribution >= 0.6 is 0 Å². The smallest absolute Gasteiger partial charge is 0.150 e. The molecule has 0 N–H and O–H groups in total. The molecule has 1 heterocycles. The Morgan fingerprint density at radius 1 is 1.10 bits per heavy atom. The fourth-order valence-electron chi connectivity index (χ4n) is 2.68. The van der Waals surface area contributed by atoms with Crippen LogP contribution in [0.5, 0.6) is 0 Å². The number of para-hydroxylation sites is 1. The summed E-state index contributed by atoms with van der Waals surface area (Å²) in [5.74, 6) is -1.41. The second kappa shape index (κ2) is 5.04. The van der Waals surface area contributed by atoms with Gasteiger partial charge in [-0.05, 0) is 36.6 Å². The van der Waals surface area contributed by atoms with Gasteiger partial charge in [-0.2, -0.15) is 0 Å². The zero-order valence-corrected chi connectivity index (χ0v) is 10.8. The third-order valence-electron chi connectivity index (χ3n) is 3.56. The predicted molar refractivity (Wildman–Crippen MR) is 73.5 cm³/mol. The van der Waals surface area contributed by atoms with Crippen molar-refractivity contribution in [2.45, 2.75) is 12.8 Å². The Kier molecular flexibility index (Phi) is 3.22. The fourth-order valence-corrected chi connectivity index (χ4v) is 2.68. The van der Waals surface area contributed by atoms with E-state index in [9.17, 15) is 13.6 Å². The summed E-state index contributed by atoms with van der Waals surface area (Å²) in [6, 6.07) is 9.75. The van der Waals surface area contributed by atoms with Crippen LogP contribution in [0.2, 0.25) is 0 Å². The van der Waals surface area contributed by atoms with E-state index in [1.165, 1.54) is 0 Å². The lowest BCUT2D eigenvalue weighted by Crippen LogP contribution is -2.26. The van der Waals surface area contributed by atoms with Crippen LogP contribution in [0.4, 0.5) is 20.2 Å². The topological polar surface area (TPSA) is 20.3 Å². The number of nitrogens with zero attached hydrogens (tertiary/aromatic N) is 1. The van der Waals surface area contributed by atoms with Crippen molar-refractivity contribution in [3.8, 4) is 0 Å². The number of carbonyl (C=O) groups excluding carboxylic acids is 1. The van der Waals surface area contributed by atoms with Crippen LogP contribution in [0, 0.1) is 11.6 Å². The molecule has 0 saturated carbocycles. The molecule has 2 nitrogen and oxygen atoms in total. The largest absolute Gasteiger partial charge is 0.336 e. The van der Waals surface area contributed by atoms with Crippen LogP contribution in [0.15, 0.2) is 36.4 Å². The molecule has 4 heteroatoms. The Balaban J connectivity index is 2.13. The van der Waals surface area contributed by atoms with E-state index >= 15 is 0 Å². The van der Waals surface area contributed by atoms with Gasteiger partial charge in [-0.25, -0.2) is 8.78 Å². The molecule has 2 aromatic carbocycles. The van der Waals surface area contributed by atoms with E-state index in [0.717, 1.165) is 36.2 Å². The highest BCUT2D eigenvalue weighted by atomic mass is 19.1. The van der Waals surface area contributed by atoms with Crippen molar-refractivity contribution in [1.29, 1.82) is 0 Å². The highest BCUT2D eigenvalue weighted by Gasteiger charge is 2.23. The van der Waals surface area contributed by atoms with Crippen molar-refractivity contribution >= 4 is 17.7 Å². The second-order valence-electron chi connectivity index (χ2n) is 4.83. The van der Waals surface area contributed by atoms with Crippen LogP contribution in [0.1, 0.15) is 22.3 Å². The number of anilines is 2. The molecule has 1 aliphatic heterocycles. The van der Waals surface area contributed by atoms with Gasteiger partial charge in [0.15, 0.2) is 11.6 Å². The van der Waals surface area contributed by atoms with Crippen LogP contribution in [-0.4, -0.2) is 12.8 Å². The van der Waals surface area contributed by atoms with E-state index in [2.05, 4.69) is 0 Å². The van der Waals surface area contributed by atoms with Crippen LogP contribution in [0.25, 0.3) is 0 Å². The minimum absolute atomic E-state index is 0.00837. The van der Waals surface area contributed by atoms with Gasteiger partial charge in [-0.1, -0.05) is 18.2 Å². The minimum Gasteiger partial charge on any atom is -0.336 e. The first-order valence-electron chi connectivity index (χ1n) is 6.50.